The number of benzene rings is 2. The van der Waals surface area contributed by atoms with Gasteiger partial charge in [-0.1, -0.05) is 12.1 Å². The van der Waals surface area contributed by atoms with Crippen LogP contribution in [0, 0.1) is 34.6 Å². The van der Waals surface area contributed by atoms with Gasteiger partial charge in [0.25, 0.3) is 0 Å². The molecule has 1 fully saturated rings. The lowest BCUT2D eigenvalue weighted by Crippen LogP contribution is -2.39. The zero-order chi connectivity index (χ0) is 39.6. The quantitative estimate of drug-likeness (QED) is 0.0571. The summed E-state index contributed by atoms with van der Waals surface area (Å²) in [6.07, 6.45) is -3.51. The Morgan fingerprint density at radius 3 is 2.43 bits per heavy atom. The summed E-state index contributed by atoms with van der Waals surface area (Å²) in [7, 11) is -3.11. The van der Waals surface area contributed by atoms with Crippen molar-refractivity contribution in [3.63, 3.8) is 0 Å². The SMILES string of the molecule is COc1c(Nc2cc(C)[nH]n2)nc(Sc2ccc(S(=O)(=O)C(C)(C)c3cccc([N+](=O)[O-])c3F)cc2F)nc1N1CCC(CCNC(=O)C(F)(F)F)CC1. The molecule has 0 radical (unpaired) electrons. The Morgan fingerprint density at radius 1 is 1.13 bits per heavy atom. The number of alkyl halides is 3. The van der Waals surface area contributed by atoms with Gasteiger partial charge in [-0.3, -0.25) is 20.0 Å². The summed E-state index contributed by atoms with van der Waals surface area (Å²) in [6, 6.07) is 8.01. The van der Waals surface area contributed by atoms with Crippen molar-refractivity contribution in [2.75, 3.05) is 37.0 Å². The van der Waals surface area contributed by atoms with Gasteiger partial charge >= 0.3 is 17.8 Å². The monoisotopic (exact) mass is 798 g/mol. The number of rotatable bonds is 13. The number of ether oxygens (including phenoxy) is 1. The normalized spacial score (nSPS) is 14.2. The summed E-state index contributed by atoms with van der Waals surface area (Å²) in [4.78, 5) is 32.0. The number of aromatic nitrogens is 4. The summed E-state index contributed by atoms with van der Waals surface area (Å²) in [6.45, 7) is 4.82. The zero-order valence-corrected chi connectivity index (χ0v) is 30.9. The van der Waals surface area contributed by atoms with E-state index in [9.17, 15) is 36.5 Å². The fourth-order valence-corrected chi connectivity index (χ4v) is 8.17. The topological polar surface area (TPSA) is 185 Å². The van der Waals surface area contributed by atoms with Crippen molar-refractivity contribution in [2.24, 2.45) is 5.92 Å². The highest BCUT2D eigenvalue weighted by Crippen LogP contribution is 2.42. The molecule has 0 unspecified atom stereocenters. The smallest absolute Gasteiger partial charge is 0.471 e. The second-order valence-electron chi connectivity index (χ2n) is 12.8. The standard InChI is InChI=1S/C33H35F5N8O6S2/c1-18-16-25(44-43-18)40-28-27(52-4)29(45-14-11-19(12-15-45)10-13-39-30(47)33(36,37)38)42-31(41-28)53-24-9-8-20(17-22(24)34)54(50,51)32(2,3)21-6-5-7-23(26(21)35)46(48)49/h5-9,16-17,19H,10-15H2,1-4H3,(H,39,47)(H2,40,41,42,43,44). The molecule has 290 valence electrons. The Balaban J connectivity index is 1.41. The third-order valence-electron chi connectivity index (χ3n) is 8.90. The molecule has 21 heteroatoms. The predicted molar refractivity (Wildman–Crippen MR) is 188 cm³/mol. The fourth-order valence-electron chi connectivity index (χ4n) is 5.87. The molecular formula is C33H35F5N8O6S2. The van der Waals surface area contributed by atoms with Crippen LogP contribution in [-0.2, 0) is 19.4 Å². The van der Waals surface area contributed by atoms with E-state index in [-0.39, 0.29) is 34.1 Å². The molecule has 0 bridgehead atoms. The molecule has 4 aromatic rings. The second-order valence-corrected chi connectivity index (χ2v) is 16.4. The lowest BCUT2D eigenvalue weighted by Gasteiger charge is -2.34. The van der Waals surface area contributed by atoms with Crippen LogP contribution in [-0.4, -0.2) is 72.3 Å². The van der Waals surface area contributed by atoms with E-state index in [2.05, 4.69) is 25.5 Å². The van der Waals surface area contributed by atoms with Crippen LogP contribution in [0.3, 0.4) is 0 Å². The molecule has 3 heterocycles. The first kappa shape index (κ1) is 40.1. The third kappa shape index (κ3) is 8.51. The van der Waals surface area contributed by atoms with Gasteiger partial charge in [-0.05, 0) is 75.9 Å². The summed E-state index contributed by atoms with van der Waals surface area (Å²) in [5.74, 6) is -3.14. The number of sulfone groups is 1. The number of carbonyl (C=O) groups excluding carboxylic acids is 1. The minimum absolute atomic E-state index is 0.0171. The van der Waals surface area contributed by atoms with Crippen LogP contribution in [0.5, 0.6) is 5.75 Å². The first-order chi connectivity index (χ1) is 25.3. The third-order valence-corrected chi connectivity index (χ3v) is 12.3. The fraction of sp³-hybridized carbons (Fsp3) is 0.394. The predicted octanol–water partition coefficient (Wildman–Crippen LogP) is 6.59. The van der Waals surface area contributed by atoms with Crippen LogP contribution < -0.4 is 20.3 Å². The molecule has 1 aliphatic rings. The average molecular weight is 799 g/mol. The molecule has 1 amide bonds. The maximum Gasteiger partial charge on any atom is 0.471 e. The lowest BCUT2D eigenvalue weighted by atomic mass is 9.93. The summed E-state index contributed by atoms with van der Waals surface area (Å²) < 4.78 is 99.7. The van der Waals surface area contributed by atoms with Crippen LogP contribution >= 0.6 is 11.8 Å². The Morgan fingerprint density at radius 2 is 1.83 bits per heavy atom. The van der Waals surface area contributed by atoms with Crippen molar-refractivity contribution in [3.05, 3.63) is 75.5 Å². The number of anilines is 3. The summed E-state index contributed by atoms with van der Waals surface area (Å²) in [5, 5.41) is 23.3. The van der Waals surface area contributed by atoms with Crippen molar-refractivity contribution >= 4 is 50.6 Å². The Labute approximate surface area is 310 Å². The highest BCUT2D eigenvalue weighted by atomic mass is 32.2. The highest BCUT2D eigenvalue weighted by molar-refractivity contribution is 7.99. The van der Waals surface area contributed by atoms with E-state index < -0.39 is 59.4 Å². The molecule has 1 saturated heterocycles. The average Bonchev–Trinajstić information content (AvgIpc) is 3.52. The number of halogens is 5. The largest absolute Gasteiger partial charge is 0.490 e. The van der Waals surface area contributed by atoms with Gasteiger partial charge in [-0.25, -0.2) is 22.8 Å². The Hall–Kier alpha value is -5.05. The van der Waals surface area contributed by atoms with E-state index in [1.807, 2.05) is 10.2 Å². The molecule has 5 rings (SSSR count). The number of aryl methyl sites for hydroxylation is 1. The van der Waals surface area contributed by atoms with E-state index in [1.165, 1.54) is 33.1 Å². The number of piperidine rings is 1. The molecule has 1 aliphatic heterocycles. The number of methoxy groups -OCH3 is 1. The molecule has 0 spiro atoms. The molecule has 0 saturated carbocycles. The van der Waals surface area contributed by atoms with Gasteiger partial charge in [-0.15, -0.1) is 0 Å². The molecule has 0 aliphatic carbocycles. The summed E-state index contributed by atoms with van der Waals surface area (Å²) in [5.41, 5.74) is -0.621. The van der Waals surface area contributed by atoms with Gasteiger partial charge in [-0.2, -0.15) is 22.7 Å². The van der Waals surface area contributed by atoms with Crippen molar-refractivity contribution in [1.29, 1.82) is 0 Å². The number of nitrogens with zero attached hydrogens (tertiary/aromatic N) is 5. The number of hydrogen-bond donors (Lipinski definition) is 3. The molecule has 2 aromatic heterocycles. The van der Waals surface area contributed by atoms with Crippen LogP contribution in [0.2, 0.25) is 0 Å². The highest BCUT2D eigenvalue weighted by Gasteiger charge is 2.42. The van der Waals surface area contributed by atoms with Crippen LogP contribution in [0.15, 0.2) is 57.4 Å². The van der Waals surface area contributed by atoms with E-state index in [1.54, 1.807) is 13.0 Å². The maximum atomic E-state index is 15.8. The van der Waals surface area contributed by atoms with Gasteiger partial charge in [0.1, 0.15) is 5.82 Å². The van der Waals surface area contributed by atoms with Gasteiger partial charge in [0.2, 0.25) is 11.6 Å². The van der Waals surface area contributed by atoms with E-state index in [0.717, 1.165) is 41.7 Å². The number of amides is 1. The first-order valence-corrected chi connectivity index (χ1v) is 18.6. The minimum atomic E-state index is -4.96. The van der Waals surface area contributed by atoms with Crippen molar-refractivity contribution < 1.29 is 44.8 Å². The number of nitro groups is 1. The second kappa shape index (κ2) is 15.7. The number of aromatic amines is 1. The van der Waals surface area contributed by atoms with Crippen LogP contribution in [0.25, 0.3) is 0 Å². The maximum absolute atomic E-state index is 15.8. The Bertz CT molecular complexity index is 2160. The van der Waals surface area contributed by atoms with Gasteiger partial charge in [0, 0.05) is 43.0 Å². The Kier molecular flexibility index (Phi) is 11.7. The number of nitrogens with one attached hydrogen (secondary N) is 3. The zero-order valence-electron chi connectivity index (χ0n) is 29.3. The molecule has 14 nitrogen and oxygen atoms in total. The van der Waals surface area contributed by atoms with Gasteiger partial charge < -0.3 is 20.3 Å². The van der Waals surface area contributed by atoms with Gasteiger partial charge in [0.15, 0.2) is 32.4 Å². The minimum Gasteiger partial charge on any atom is -0.490 e. The van der Waals surface area contributed by atoms with Crippen LogP contribution in [0.4, 0.5) is 45.1 Å². The molecule has 0 atom stereocenters. The molecule has 54 heavy (non-hydrogen) atoms. The van der Waals surface area contributed by atoms with Crippen molar-refractivity contribution in [1.82, 2.24) is 25.5 Å². The van der Waals surface area contributed by atoms with Crippen molar-refractivity contribution in [3.8, 4) is 5.75 Å². The number of H-pyrrole nitrogens is 1. The first-order valence-electron chi connectivity index (χ1n) is 16.3. The molecular weight excluding hydrogens is 764 g/mol. The van der Waals surface area contributed by atoms with E-state index in [0.29, 0.717) is 44.0 Å². The molecule has 3 N–H and O–H groups in total. The number of hydrogen-bond acceptors (Lipinski definition) is 12. The summed E-state index contributed by atoms with van der Waals surface area (Å²) >= 11 is 0.779. The number of carbonyl (C=O) groups is 1. The van der Waals surface area contributed by atoms with Crippen molar-refractivity contribution in [2.45, 2.75) is 65.9 Å². The molecule has 2 aromatic carbocycles. The number of nitro benzene ring substituents is 1. The lowest BCUT2D eigenvalue weighted by molar-refractivity contribution is -0.387. The van der Waals surface area contributed by atoms with Crippen LogP contribution in [0.1, 0.15) is 44.4 Å². The van der Waals surface area contributed by atoms with Gasteiger partial charge in [0.05, 0.1) is 26.6 Å². The van der Waals surface area contributed by atoms with E-state index >= 15 is 8.78 Å². The van der Waals surface area contributed by atoms with E-state index in [4.69, 9.17) is 4.74 Å².